The van der Waals surface area contributed by atoms with Crippen molar-refractivity contribution in [2.45, 2.75) is 12.5 Å². The molecule has 11 heteroatoms. The molecule has 142 valence electrons. The molecule has 0 saturated carbocycles. The number of ether oxygens (including phenoxy) is 1. The molecule has 0 aromatic rings. The molecule has 0 radical (unpaired) electrons. The second-order valence-electron chi connectivity index (χ2n) is 6.19. The lowest BCUT2D eigenvalue weighted by atomic mass is 9.98. The summed E-state index contributed by atoms with van der Waals surface area (Å²) in [5.74, 6) is -3.22. The summed E-state index contributed by atoms with van der Waals surface area (Å²) in [6, 6.07) is 0. The predicted octanol–water partition coefficient (Wildman–Crippen LogP) is -1.95. The molecule has 25 heavy (non-hydrogen) atoms. The van der Waals surface area contributed by atoms with Crippen LogP contribution in [0.25, 0.3) is 0 Å². The minimum atomic E-state index is -1.14. The van der Waals surface area contributed by atoms with Crippen molar-refractivity contribution in [2.24, 2.45) is 0 Å². The average Bonchev–Trinajstić information content (AvgIpc) is 2.61. The number of carboxylic acid groups (broad SMARTS) is 3. The van der Waals surface area contributed by atoms with Gasteiger partial charge in [-0.15, -0.1) is 0 Å². The van der Waals surface area contributed by atoms with E-state index in [0.717, 1.165) is 0 Å². The van der Waals surface area contributed by atoms with Crippen molar-refractivity contribution in [3.05, 3.63) is 0 Å². The second kappa shape index (κ2) is 9.30. The first-order chi connectivity index (χ1) is 11.7. The Hall–Kier alpha value is -2.24. The maximum absolute atomic E-state index is 11.2. The largest absolute Gasteiger partial charge is 0.480 e. The monoisotopic (exact) mass is 361 g/mol. The molecule has 1 aliphatic heterocycles. The first kappa shape index (κ1) is 20.8. The standard InChI is InChI=1S/C14H23N3O8/c1-14(17(6-13(23)24)9-25-10-18)7-15(4-11(19)20)2-3-16(8-14)5-12(21)22/h10H,2-9H2,1H3,(H,19,20)(H,21,22)(H,23,24). The molecule has 1 fully saturated rings. The highest BCUT2D eigenvalue weighted by molar-refractivity contribution is 5.70. The van der Waals surface area contributed by atoms with E-state index in [0.29, 0.717) is 13.1 Å². The van der Waals surface area contributed by atoms with E-state index in [1.54, 1.807) is 16.7 Å². The van der Waals surface area contributed by atoms with Gasteiger partial charge in [0.1, 0.15) is 6.73 Å². The highest BCUT2D eigenvalue weighted by atomic mass is 16.5. The normalized spacial score (nSPS) is 18.5. The number of aliphatic carboxylic acids is 3. The predicted molar refractivity (Wildman–Crippen MR) is 82.9 cm³/mol. The molecule has 0 aromatic heterocycles. The van der Waals surface area contributed by atoms with Crippen LogP contribution in [0.3, 0.4) is 0 Å². The topological polar surface area (TPSA) is 148 Å². The molecule has 0 aromatic carbocycles. The summed E-state index contributed by atoms with van der Waals surface area (Å²) in [7, 11) is 0. The summed E-state index contributed by atoms with van der Waals surface area (Å²) in [6.45, 7) is 1.65. The van der Waals surface area contributed by atoms with Crippen LogP contribution < -0.4 is 0 Å². The van der Waals surface area contributed by atoms with Crippen molar-refractivity contribution in [3.63, 3.8) is 0 Å². The molecule has 11 nitrogen and oxygen atoms in total. The SMILES string of the molecule is CC1(N(COC=O)CC(=O)O)CN(CC(=O)O)CCN(CC(=O)O)C1. The van der Waals surface area contributed by atoms with Crippen LogP contribution in [-0.2, 0) is 23.9 Å². The molecular formula is C14H23N3O8. The van der Waals surface area contributed by atoms with Crippen molar-refractivity contribution in [1.82, 2.24) is 14.7 Å². The molecule has 1 saturated heterocycles. The van der Waals surface area contributed by atoms with E-state index in [4.69, 9.17) is 20.1 Å². The van der Waals surface area contributed by atoms with Gasteiger partial charge in [-0.05, 0) is 6.92 Å². The van der Waals surface area contributed by atoms with Gasteiger partial charge in [0.25, 0.3) is 6.47 Å². The van der Waals surface area contributed by atoms with E-state index in [9.17, 15) is 19.2 Å². The lowest BCUT2D eigenvalue weighted by Gasteiger charge is -2.42. The molecular weight excluding hydrogens is 338 g/mol. The van der Waals surface area contributed by atoms with E-state index >= 15 is 0 Å². The smallest absolute Gasteiger partial charge is 0.317 e. The maximum atomic E-state index is 11.2. The lowest BCUT2D eigenvalue weighted by molar-refractivity contribution is -0.149. The summed E-state index contributed by atoms with van der Waals surface area (Å²) in [6.07, 6.45) is 0. The van der Waals surface area contributed by atoms with Gasteiger partial charge in [0.05, 0.1) is 19.6 Å². The zero-order valence-electron chi connectivity index (χ0n) is 14.0. The highest BCUT2D eigenvalue weighted by Crippen LogP contribution is 2.21. The zero-order chi connectivity index (χ0) is 19.0. The molecule has 1 heterocycles. The van der Waals surface area contributed by atoms with Crippen molar-refractivity contribution in [2.75, 3.05) is 52.5 Å². The van der Waals surface area contributed by atoms with E-state index in [1.807, 2.05) is 0 Å². The van der Waals surface area contributed by atoms with E-state index in [2.05, 4.69) is 0 Å². The number of nitrogens with zero attached hydrogens (tertiary/aromatic N) is 3. The van der Waals surface area contributed by atoms with Gasteiger partial charge in [-0.2, -0.15) is 0 Å². The highest BCUT2D eigenvalue weighted by Gasteiger charge is 2.39. The molecule has 1 aliphatic rings. The minimum Gasteiger partial charge on any atom is -0.480 e. The molecule has 0 amide bonds. The molecule has 0 unspecified atom stereocenters. The first-order valence-electron chi connectivity index (χ1n) is 7.56. The Balaban J connectivity index is 3.07. The van der Waals surface area contributed by atoms with Gasteiger partial charge in [-0.1, -0.05) is 0 Å². The number of carbonyl (C=O) groups is 4. The van der Waals surface area contributed by atoms with Crippen LogP contribution in [0.2, 0.25) is 0 Å². The second-order valence-corrected chi connectivity index (χ2v) is 6.19. The number of carboxylic acids is 3. The van der Waals surface area contributed by atoms with Crippen molar-refractivity contribution >= 4 is 24.4 Å². The summed E-state index contributed by atoms with van der Waals surface area (Å²) in [5.41, 5.74) is -0.928. The Morgan fingerprint density at radius 2 is 1.52 bits per heavy atom. The van der Waals surface area contributed by atoms with Crippen LogP contribution in [0.4, 0.5) is 0 Å². The van der Waals surface area contributed by atoms with E-state index < -0.39 is 30.0 Å². The Kier molecular flexibility index (Phi) is 7.74. The fourth-order valence-electron chi connectivity index (χ4n) is 2.98. The fraction of sp³-hybridized carbons (Fsp3) is 0.714. The van der Waals surface area contributed by atoms with Gasteiger partial charge in [-0.3, -0.25) is 33.9 Å². The van der Waals surface area contributed by atoms with Crippen LogP contribution in [-0.4, -0.2) is 112 Å². The number of carbonyl (C=O) groups excluding carboxylic acids is 1. The van der Waals surface area contributed by atoms with Gasteiger partial charge >= 0.3 is 17.9 Å². The van der Waals surface area contributed by atoms with E-state index in [1.165, 1.54) is 4.90 Å². The fourth-order valence-corrected chi connectivity index (χ4v) is 2.98. The van der Waals surface area contributed by atoms with Crippen LogP contribution in [0.15, 0.2) is 0 Å². The number of hydrogen-bond acceptors (Lipinski definition) is 8. The molecule has 0 spiro atoms. The summed E-state index contributed by atoms with van der Waals surface area (Å²) in [4.78, 5) is 48.4. The Labute approximate surface area is 144 Å². The molecule has 0 bridgehead atoms. The van der Waals surface area contributed by atoms with Crippen molar-refractivity contribution in [3.8, 4) is 0 Å². The van der Waals surface area contributed by atoms with Crippen LogP contribution in [0.1, 0.15) is 6.92 Å². The van der Waals surface area contributed by atoms with Gasteiger partial charge in [0, 0.05) is 31.7 Å². The first-order valence-corrected chi connectivity index (χ1v) is 7.56. The Bertz CT molecular complexity index is 486. The molecule has 0 aliphatic carbocycles. The third-order valence-electron chi connectivity index (χ3n) is 3.97. The van der Waals surface area contributed by atoms with Crippen LogP contribution >= 0.6 is 0 Å². The minimum absolute atomic E-state index is 0.185. The number of rotatable bonds is 10. The molecule has 0 atom stereocenters. The van der Waals surface area contributed by atoms with Gasteiger partial charge in [0.2, 0.25) is 0 Å². The van der Waals surface area contributed by atoms with Crippen molar-refractivity contribution < 1.29 is 39.2 Å². The summed E-state index contributed by atoms with van der Waals surface area (Å²) < 4.78 is 4.70. The van der Waals surface area contributed by atoms with Crippen LogP contribution in [0.5, 0.6) is 0 Å². The summed E-state index contributed by atoms with van der Waals surface area (Å²) >= 11 is 0. The van der Waals surface area contributed by atoms with E-state index in [-0.39, 0.29) is 39.4 Å². The van der Waals surface area contributed by atoms with Gasteiger partial charge in [0.15, 0.2) is 0 Å². The maximum Gasteiger partial charge on any atom is 0.317 e. The van der Waals surface area contributed by atoms with Crippen molar-refractivity contribution in [1.29, 1.82) is 0 Å². The quantitative estimate of drug-likeness (QED) is 0.294. The van der Waals surface area contributed by atoms with Gasteiger partial charge in [-0.25, -0.2) is 0 Å². The third kappa shape index (κ3) is 7.03. The van der Waals surface area contributed by atoms with Gasteiger partial charge < -0.3 is 20.1 Å². The molecule has 1 rings (SSSR count). The third-order valence-corrected chi connectivity index (χ3v) is 3.97. The summed E-state index contributed by atoms with van der Waals surface area (Å²) in [5, 5.41) is 27.2. The Morgan fingerprint density at radius 1 is 1.04 bits per heavy atom. The zero-order valence-corrected chi connectivity index (χ0v) is 14.0. The molecule has 3 N–H and O–H groups in total. The average molecular weight is 361 g/mol. The lowest BCUT2D eigenvalue weighted by Crippen LogP contribution is -2.59. The van der Waals surface area contributed by atoms with Crippen LogP contribution in [0, 0.1) is 0 Å². The number of hydrogen-bond donors (Lipinski definition) is 3. The Morgan fingerprint density at radius 3 is 1.88 bits per heavy atom.